The van der Waals surface area contributed by atoms with E-state index in [4.69, 9.17) is 0 Å². The lowest BCUT2D eigenvalue weighted by Crippen LogP contribution is -2.58. The molecule has 2 rings (SSSR count). The molecule has 0 radical (unpaired) electrons. The molecule has 0 aliphatic rings. The summed E-state index contributed by atoms with van der Waals surface area (Å²) in [6.07, 6.45) is 4.04. The highest BCUT2D eigenvalue weighted by Gasteiger charge is 2.42. The number of thioether (sulfide) groups is 2. The van der Waals surface area contributed by atoms with Crippen LogP contribution in [0.15, 0.2) is 95.0 Å². The molecule has 0 nitrogen and oxygen atoms in total. The third-order valence-electron chi connectivity index (χ3n) is 5.11. The fraction of sp³-hybridized carbons (Fsp3) is 0.250. The van der Waals surface area contributed by atoms with Crippen molar-refractivity contribution in [2.45, 2.75) is 26.2 Å². The summed E-state index contributed by atoms with van der Waals surface area (Å²) in [7, 11) is -3.72. The highest BCUT2D eigenvalue weighted by molar-refractivity contribution is 8.22. The van der Waals surface area contributed by atoms with Crippen molar-refractivity contribution in [2.24, 2.45) is 0 Å². The first-order valence-corrected chi connectivity index (χ1v) is 17.7. The van der Waals surface area contributed by atoms with Crippen LogP contribution in [0, 0.1) is 0 Å². The Balaban J connectivity index is 2.74. The number of benzene rings is 2. The maximum atomic E-state index is 3.96. The second kappa shape index (κ2) is 10.5. The molecule has 0 heterocycles. The summed E-state index contributed by atoms with van der Waals surface area (Å²) in [5.41, 5.74) is 0. The molecule has 148 valence electrons. The summed E-state index contributed by atoms with van der Waals surface area (Å²) in [4.78, 5) is 1.73. The van der Waals surface area contributed by atoms with E-state index in [0.717, 1.165) is 11.5 Å². The molecule has 4 heteroatoms. The first-order chi connectivity index (χ1) is 13.4. The second-order valence-corrected chi connectivity index (χ2v) is 19.3. The zero-order chi connectivity index (χ0) is 20.6. The topological polar surface area (TPSA) is 0 Å². The van der Waals surface area contributed by atoms with E-state index in [1.54, 1.807) is 4.82 Å². The Morgan fingerprint density at radius 2 is 1.07 bits per heavy atom. The van der Waals surface area contributed by atoms with Crippen LogP contribution in [0.2, 0.25) is 26.2 Å². The number of rotatable bonds is 10. The van der Waals surface area contributed by atoms with Crippen LogP contribution in [0.5, 0.6) is 0 Å². The summed E-state index contributed by atoms with van der Waals surface area (Å²) in [5.74, 6) is 1.89. The Hall–Kier alpha value is -1.21. The van der Waals surface area contributed by atoms with Gasteiger partial charge in [0.2, 0.25) is 0 Å². The fourth-order valence-corrected chi connectivity index (χ4v) is 20.0. The number of hydrogen-bond acceptors (Lipinski definition) is 2. The maximum absolute atomic E-state index is 3.96. The third-order valence-corrected chi connectivity index (χ3v) is 18.6. The summed E-state index contributed by atoms with van der Waals surface area (Å²) in [5, 5.41) is 3.02. The average molecular weight is 441 g/mol. The highest BCUT2D eigenvalue weighted by Crippen LogP contribution is 2.40. The molecule has 0 aliphatic carbocycles. The maximum Gasteiger partial charge on any atom is 0.106 e. The van der Waals surface area contributed by atoms with Gasteiger partial charge in [-0.2, -0.15) is 0 Å². The molecule has 2 aromatic rings. The monoisotopic (exact) mass is 440 g/mol. The third kappa shape index (κ3) is 5.44. The lowest BCUT2D eigenvalue weighted by molar-refractivity contribution is 1.63. The van der Waals surface area contributed by atoms with Crippen LogP contribution in [0.1, 0.15) is 0 Å². The van der Waals surface area contributed by atoms with E-state index in [0.29, 0.717) is 0 Å². The van der Waals surface area contributed by atoms with Crippen molar-refractivity contribution < 1.29 is 0 Å². The Bertz CT molecular complexity index is 742. The molecular formula is C24H32S2Si2. The van der Waals surface area contributed by atoms with Gasteiger partial charge in [0.05, 0.1) is 0 Å². The molecule has 0 amide bonds. The predicted octanol–water partition coefficient (Wildman–Crippen LogP) is 6.35. The minimum Gasteiger partial charge on any atom is -0.116 e. The molecule has 28 heavy (non-hydrogen) atoms. The van der Waals surface area contributed by atoms with E-state index in [1.165, 1.54) is 14.6 Å². The van der Waals surface area contributed by atoms with Gasteiger partial charge in [0.25, 0.3) is 0 Å². The van der Waals surface area contributed by atoms with E-state index in [9.17, 15) is 0 Å². The Morgan fingerprint density at radius 1 is 0.714 bits per heavy atom. The van der Waals surface area contributed by atoms with E-state index >= 15 is 0 Å². The standard InChI is InChI=1S/C24H32S2Si2/c1-7-19-25-23(26-20-8-2)24(27(3,4)21-15-11-9-12-16-21)28(5,6)22-17-13-10-14-18-22/h7-18H,1-2,19-20H2,3-6H3. The quantitative estimate of drug-likeness (QED) is 0.312. The van der Waals surface area contributed by atoms with Crippen LogP contribution in [0.3, 0.4) is 0 Å². The Morgan fingerprint density at radius 3 is 1.39 bits per heavy atom. The van der Waals surface area contributed by atoms with Crippen LogP contribution in [0.4, 0.5) is 0 Å². The number of hydrogen-bond donors (Lipinski definition) is 0. The van der Waals surface area contributed by atoms with Gasteiger partial charge in [-0.3, -0.25) is 0 Å². The van der Waals surface area contributed by atoms with Gasteiger partial charge in [-0.15, -0.1) is 36.7 Å². The summed E-state index contributed by atoms with van der Waals surface area (Å²) in [6, 6.07) is 22.3. The first-order valence-electron chi connectivity index (χ1n) is 9.69. The zero-order valence-electron chi connectivity index (χ0n) is 17.6. The Labute approximate surface area is 182 Å². The van der Waals surface area contributed by atoms with Gasteiger partial charge in [0.15, 0.2) is 0 Å². The molecule has 0 bridgehead atoms. The van der Waals surface area contributed by atoms with E-state index in [2.05, 4.69) is 100 Å². The summed E-state index contributed by atoms with van der Waals surface area (Å²) < 4.78 is 1.50. The van der Waals surface area contributed by atoms with Crippen LogP contribution in [-0.2, 0) is 0 Å². The van der Waals surface area contributed by atoms with Gasteiger partial charge >= 0.3 is 0 Å². The summed E-state index contributed by atoms with van der Waals surface area (Å²) >= 11 is 3.92. The molecule has 0 N–H and O–H groups in total. The summed E-state index contributed by atoms with van der Waals surface area (Å²) in [6.45, 7) is 18.0. The highest BCUT2D eigenvalue weighted by atomic mass is 32.2. The largest absolute Gasteiger partial charge is 0.116 e. The van der Waals surface area contributed by atoms with Crippen molar-refractivity contribution in [3.63, 3.8) is 0 Å². The van der Waals surface area contributed by atoms with E-state index in [-0.39, 0.29) is 0 Å². The molecule has 0 fully saturated rings. The average Bonchev–Trinajstić information content (AvgIpc) is 2.71. The van der Waals surface area contributed by atoms with Crippen molar-refractivity contribution in [2.75, 3.05) is 11.5 Å². The molecule has 0 aliphatic heterocycles. The van der Waals surface area contributed by atoms with Gasteiger partial charge in [-0.05, 0) is 0 Å². The van der Waals surface area contributed by atoms with Crippen LogP contribution < -0.4 is 10.4 Å². The lowest BCUT2D eigenvalue weighted by Gasteiger charge is -2.39. The molecule has 0 atom stereocenters. The van der Waals surface area contributed by atoms with Gasteiger partial charge in [-0.25, -0.2) is 0 Å². The SMILES string of the molecule is C=CCSC(SCC=C)=C([Si](C)(C)c1ccccc1)[Si](C)(C)c1ccccc1. The van der Waals surface area contributed by atoms with Crippen molar-refractivity contribution >= 4 is 50.0 Å². The smallest absolute Gasteiger partial charge is 0.106 e. The van der Waals surface area contributed by atoms with Gasteiger partial charge < -0.3 is 0 Å². The molecule has 0 unspecified atom stereocenters. The fourth-order valence-electron chi connectivity index (χ4n) is 3.75. The first kappa shape index (κ1) is 23.1. The van der Waals surface area contributed by atoms with Crippen molar-refractivity contribution in [3.8, 4) is 0 Å². The second-order valence-electron chi connectivity index (χ2n) is 7.84. The van der Waals surface area contributed by atoms with E-state index < -0.39 is 16.1 Å². The van der Waals surface area contributed by atoms with Crippen molar-refractivity contribution in [3.05, 3.63) is 95.0 Å². The molecule has 0 saturated heterocycles. The van der Waals surface area contributed by atoms with Crippen LogP contribution in [0.25, 0.3) is 0 Å². The minimum atomic E-state index is -1.86. The zero-order valence-corrected chi connectivity index (χ0v) is 21.2. The normalized spacial score (nSPS) is 11.7. The molecule has 2 aromatic carbocycles. The van der Waals surface area contributed by atoms with Gasteiger partial charge in [0.1, 0.15) is 16.1 Å². The van der Waals surface area contributed by atoms with Gasteiger partial charge in [0, 0.05) is 15.7 Å². The molecule has 0 aromatic heterocycles. The predicted molar refractivity (Wildman–Crippen MR) is 139 cm³/mol. The van der Waals surface area contributed by atoms with E-state index in [1.807, 2.05) is 35.7 Å². The van der Waals surface area contributed by atoms with Crippen molar-refractivity contribution in [1.82, 2.24) is 0 Å². The molecule has 0 spiro atoms. The minimum absolute atomic E-state index is 0.946. The Kier molecular flexibility index (Phi) is 8.68. The lowest BCUT2D eigenvalue weighted by atomic mass is 10.4. The van der Waals surface area contributed by atoms with Crippen molar-refractivity contribution in [1.29, 1.82) is 0 Å². The van der Waals surface area contributed by atoms with Crippen LogP contribution >= 0.6 is 23.5 Å². The molecular weight excluding hydrogens is 409 g/mol. The van der Waals surface area contributed by atoms with Gasteiger partial charge in [-0.1, -0.05) is 114 Å². The van der Waals surface area contributed by atoms with Crippen LogP contribution in [-0.4, -0.2) is 27.7 Å². The molecule has 0 saturated carbocycles.